The predicted molar refractivity (Wildman–Crippen MR) is 112 cm³/mol. The molecule has 0 aliphatic heterocycles. The average Bonchev–Trinajstić information content (AvgIpc) is 3.22. The molecule has 0 bridgehead atoms. The topological polar surface area (TPSA) is 65.2 Å². The van der Waals surface area contributed by atoms with Gasteiger partial charge in [0.1, 0.15) is 11.5 Å². The number of hydrogen-bond acceptors (Lipinski definition) is 6. The van der Waals surface area contributed by atoms with E-state index in [2.05, 4.69) is 10.2 Å². The van der Waals surface area contributed by atoms with Gasteiger partial charge in [-0.3, -0.25) is 4.79 Å². The molecule has 0 unspecified atom stereocenters. The molecular weight excluding hydrogens is 384 g/mol. The highest BCUT2D eigenvalue weighted by molar-refractivity contribution is 7.99. The summed E-state index contributed by atoms with van der Waals surface area (Å²) >= 11 is 1.23. The van der Waals surface area contributed by atoms with Gasteiger partial charge in [0.25, 0.3) is 5.22 Å². The predicted octanol–water partition coefficient (Wildman–Crippen LogP) is 5.81. The van der Waals surface area contributed by atoms with Crippen LogP contribution >= 0.6 is 11.8 Å². The number of ketones is 1. The Kier molecular flexibility index (Phi) is 5.72. The lowest BCUT2D eigenvalue weighted by atomic mass is 10.1. The van der Waals surface area contributed by atoms with Gasteiger partial charge in [-0.1, -0.05) is 48.2 Å². The maximum atomic E-state index is 12.5. The minimum atomic E-state index is -0.0168. The number of ether oxygens (including phenoxy) is 1. The molecule has 0 saturated carbocycles. The van der Waals surface area contributed by atoms with E-state index in [0.29, 0.717) is 22.4 Å². The molecule has 29 heavy (non-hydrogen) atoms. The number of para-hydroxylation sites is 1. The summed E-state index contributed by atoms with van der Waals surface area (Å²) in [6.45, 7) is 1.99. The van der Waals surface area contributed by atoms with Gasteiger partial charge in [0, 0.05) is 11.1 Å². The van der Waals surface area contributed by atoms with Crippen molar-refractivity contribution in [3.63, 3.8) is 0 Å². The van der Waals surface area contributed by atoms with Gasteiger partial charge < -0.3 is 9.15 Å². The highest BCUT2D eigenvalue weighted by atomic mass is 32.2. The lowest BCUT2D eigenvalue weighted by Crippen LogP contribution is -2.02. The van der Waals surface area contributed by atoms with Crippen molar-refractivity contribution < 1.29 is 13.9 Å². The number of aromatic nitrogens is 2. The Bertz CT molecular complexity index is 1110. The Morgan fingerprint density at radius 1 is 0.897 bits per heavy atom. The molecule has 144 valence electrons. The zero-order valence-corrected chi connectivity index (χ0v) is 16.6. The van der Waals surface area contributed by atoms with Crippen LogP contribution in [0.1, 0.15) is 15.9 Å². The van der Waals surface area contributed by atoms with Crippen LogP contribution < -0.4 is 4.74 Å². The zero-order chi connectivity index (χ0) is 20.1. The van der Waals surface area contributed by atoms with Crippen LogP contribution in [0.2, 0.25) is 0 Å². The van der Waals surface area contributed by atoms with Crippen molar-refractivity contribution in [3.05, 3.63) is 90.0 Å². The number of carbonyl (C=O) groups is 1. The molecular formula is C23H18N2O3S. The van der Waals surface area contributed by atoms with Crippen molar-refractivity contribution in [2.75, 3.05) is 5.75 Å². The van der Waals surface area contributed by atoms with E-state index in [1.807, 2.05) is 61.5 Å². The molecule has 0 N–H and O–H groups in total. The molecule has 0 radical (unpaired) electrons. The number of thioether (sulfide) groups is 1. The largest absolute Gasteiger partial charge is 0.457 e. The summed E-state index contributed by atoms with van der Waals surface area (Å²) < 4.78 is 11.4. The third-order valence-electron chi connectivity index (χ3n) is 4.26. The molecule has 0 saturated heterocycles. The Labute approximate surface area is 172 Å². The van der Waals surface area contributed by atoms with Gasteiger partial charge in [0.05, 0.1) is 5.75 Å². The fourth-order valence-corrected chi connectivity index (χ4v) is 3.39. The SMILES string of the molecule is Cc1ccccc1-c1nnc(SCC(=O)c2ccc(Oc3ccccc3)cc2)o1. The lowest BCUT2D eigenvalue weighted by molar-refractivity contribution is 0.102. The average molecular weight is 402 g/mol. The van der Waals surface area contributed by atoms with Crippen LogP contribution in [0.25, 0.3) is 11.5 Å². The van der Waals surface area contributed by atoms with Gasteiger partial charge in [-0.15, -0.1) is 10.2 Å². The monoisotopic (exact) mass is 402 g/mol. The summed E-state index contributed by atoms with van der Waals surface area (Å²) in [5.41, 5.74) is 2.56. The fraction of sp³-hybridized carbons (Fsp3) is 0.0870. The second-order valence-corrected chi connectivity index (χ2v) is 7.27. The Hall–Kier alpha value is -3.38. The summed E-state index contributed by atoms with van der Waals surface area (Å²) in [5, 5.41) is 8.49. The van der Waals surface area contributed by atoms with Gasteiger partial charge in [-0.05, 0) is 55.0 Å². The first kappa shape index (κ1) is 19.0. The van der Waals surface area contributed by atoms with E-state index < -0.39 is 0 Å². The highest BCUT2D eigenvalue weighted by Gasteiger charge is 2.13. The summed E-state index contributed by atoms with van der Waals surface area (Å²) in [4.78, 5) is 12.5. The smallest absolute Gasteiger partial charge is 0.277 e. The van der Waals surface area contributed by atoms with Gasteiger partial charge in [-0.25, -0.2) is 0 Å². The Balaban J connectivity index is 1.36. The van der Waals surface area contributed by atoms with Crippen LogP contribution in [-0.2, 0) is 0 Å². The zero-order valence-electron chi connectivity index (χ0n) is 15.7. The van der Waals surface area contributed by atoms with Gasteiger partial charge in [0.15, 0.2) is 5.78 Å². The van der Waals surface area contributed by atoms with E-state index in [4.69, 9.17) is 9.15 Å². The van der Waals surface area contributed by atoms with E-state index >= 15 is 0 Å². The molecule has 1 aromatic heterocycles. The number of nitrogens with zero attached hydrogens (tertiary/aromatic N) is 2. The normalized spacial score (nSPS) is 10.7. The van der Waals surface area contributed by atoms with E-state index in [1.54, 1.807) is 24.3 Å². The van der Waals surface area contributed by atoms with E-state index in [-0.39, 0.29) is 11.5 Å². The minimum absolute atomic E-state index is 0.0168. The molecule has 3 aromatic carbocycles. The first-order valence-electron chi connectivity index (χ1n) is 9.07. The molecule has 0 amide bonds. The van der Waals surface area contributed by atoms with Crippen LogP contribution in [-0.4, -0.2) is 21.7 Å². The molecule has 0 spiro atoms. The Morgan fingerprint density at radius 3 is 2.34 bits per heavy atom. The second-order valence-electron chi connectivity index (χ2n) is 6.34. The van der Waals surface area contributed by atoms with Crippen molar-refractivity contribution in [2.45, 2.75) is 12.1 Å². The molecule has 0 fully saturated rings. The Morgan fingerprint density at radius 2 is 1.59 bits per heavy atom. The molecule has 4 aromatic rings. The number of carbonyl (C=O) groups excluding carboxylic acids is 1. The van der Waals surface area contributed by atoms with Crippen LogP contribution in [0.15, 0.2) is 88.5 Å². The lowest BCUT2D eigenvalue weighted by Gasteiger charge is -2.06. The van der Waals surface area contributed by atoms with Gasteiger partial charge in [0.2, 0.25) is 5.89 Å². The molecule has 0 atom stereocenters. The third kappa shape index (κ3) is 4.73. The van der Waals surface area contributed by atoms with E-state index in [0.717, 1.165) is 16.9 Å². The molecule has 1 heterocycles. The van der Waals surface area contributed by atoms with Crippen molar-refractivity contribution >= 4 is 17.5 Å². The second kappa shape index (κ2) is 8.75. The summed E-state index contributed by atoms with van der Waals surface area (Å²) in [7, 11) is 0. The summed E-state index contributed by atoms with van der Waals surface area (Å²) in [6.07, 6.45) is 0. The molecule has 0 aliphatic rings. The molecule has 4 rings (SSSR count). The number of benzene rings is 3. The molecule has 5 nitrogen and oxygen atoms in total. The molecule has 6 heteroatoms. The van der Waals surface area contributed by atoms with Crippen molar-refractivity contribution in [1.29, 1.82) is 0 Å². The standard InChI is InChI=1S/C23H18N2O3S/c1-16-7-5-6-10-20(16)22-24-25-23(28-22)29-15-21(26)17-11-13-19(14-12-17)27-18-8-3-2-4-9-18/h2-14H,15H2,1H3. The van der Waals surface area contributed by atoms with Crippen LogP contribution in [0.5, 0.6) is 11.5 Å². The van der Waals surface area contributed by atoms with Gasteiger partial charge in [-0.2, -0.15) is 0 Å². The maximum absolute atomic E-state index is 12.5. The quantitative estimate of drug-likeness (QED) is 0.287. The van der Waals surface area contributed by atoms with Crippen LogP contribution in [0, 0.1) is 6.92 Å². The first-order chi connectivity index (χ1) is 14.2. The third-order valence-corrected chi connectivity index (χ3v) is 5.08. The number of Topliss-reactive ketones (excluding diaryl/α,β-unsaturated/α-hetero) is 1. The maximum Gasteiger partial charge on any atom is 0.277 e. The highest BCUT2D eigenvalue weighted by Crippen LogP contribution is 2.26. The van der Waals surface area contributed by atoms with Crippen LogP contribution in [0.4, 0.5) is 0 Å². The number of rotatable bonds is 7. The van der Waals surface area contributed by atoms with Crippen LogP contribution in [0.3, 0.4) is 0 Å². The molecule has 0 aliphatic carbocycles. The number of aryl methyl sites for hydroxylation is 1. The van der Waals surface area contributed by atoms with Crippen molar-refractivity contribution in [1.82, 2.24) is 10.2 Å². The van der Waals surface area contributed by atoms with Crippen molar-refractivity contribution in [3.8, 4) is 23.0 Å². The minimum Gasteiger partial charge on any atom is -0.457 e. The summed E-state index contributed by atoms with van der Waals surface area (Å²) in [5.74, 6) is 2.09. The summed E-state index contributed by atoms with van der Waals surface area (Å²) in [6, 6.07) is 24.4. The van der Waals surface area contributed by atoms with Gasteiger partial charge >= 0.3 is 0 Å². The first-order valence-corrected chi connectivity index (χ1v) is 10.1. The van der Waals surface area contributed by atoms with E-state index in [1.165, 1.54) is 11.8 Å². The van der Waals surface area contributed by atoms with E-state index in [9.17, 15) is 4.79 Å². The fourth-order valence-electron chi connectivity index (χ4n) is 2.73. The number of hydrogen-bond donors (Lipinski definition) is 0. The van der Waals surface area contributed by atoms with Crippen molar-refractivity contribution in [2.24, 2.45) is 0 Å².